The minimum absolute atomic E-state index is 0. The molecule has 106 valence electrons. The average Bonchev–Trinajstić information content (AvgIpc) is 2.41. The van der Waals surface area contributed by atoms with Crippen LogP contribution in [0.15, 0.2) is 53.7 Å². The molecule has 1 aromatic heterocycles. The summed E-state index contributed by atoms with van der Waals surface area (Å²) in [4.78, 5) is 17.0. The van der Waals surface area contributed by atoms with Crippen LogP contribution in [0.2, 0.25) is 0 Å². The number of rotatable bonds is 4. The summed E-state index contributed by atoms with van der Waals surface area (Å²) < 4.78 is 0. The second-order valence-electron chi connectivity index (χ2n) is 4.38. The number of benzene rings is 1. The van der Waals surface area contributed by atoms with Crippen LogP contribution in [0.1, 0.15) is 24.2 Å². The maximum atomic E-state index is 11.9. The van der Waals surface area contributed by atoms with Crippen molar-refractivity contribution in [3.8, 4) is 0 Å². The van der Waals surface area contributed by atoms with E-state index in [1.807, 2.05) is 24.3 Å². The van der Waals surface area contributed by atoms with E-state index in [1.165, 1.54) is 4.90 Å². The van der Waals surface area contributed by atoms with Gasteiger partial charge in [0.25, 0.3) is 5.91 Å². The van der Waals surface area contributed by atoms with Gasteiger partial charge in [-0.25, -0.2) is 0 Å². The first-order valence-electron chi connectivity index (χ1n) is 6.13. The van der Waals surface area contributed by atoms with Crippen LogP contribution in [0.5, 0.6) is 0 Å². The summed E-state index contributed by atoms with van der Waals surface area (Å²) in [6.07, 6.45) is 3.22. The van der Waals surface area contributed by atoms with E-state index in [-0.39, 0.29) is 18.3 Å². The van der Waals surface area contributed by atoms with E-state index in [0.29, 0.717) is 10.8 Å². The minimum atomic E-state index is -0.119. The highest BCUT2D eigenvalue weighted by molar-refractivity contribution is 7.99. The lowest BCUT2D eigenvalue weighted by Crippen LogP contribution is -2.11. The second-order valence-corrected chi connectivity index (χ2v) is 6.03. The molecule has 1 amide bonds. The number of thioether (sulfide) groups is 1. The van der Waals surface area contributed by atoms with Crippen molar-refractivity contribution in [2.24, 2.45) is 0 Å². The fraction of sp³-hybridized carbons (Fsp3) is 0.200. The van der Waals surface area contributed by atoms with Crippen LogP contribution < -0.4 is 5.32 Å². The zero-order valence-electron chi connectivity index (χ0n) is 11.4. The first-order chi connectivity index (χ1) is 9.15. The van der Waals surface area contributed by atoms with E-state index in [1.54, 1.807) is 36.3 Å². The van der Waals surface area contributed by atoms with E-state index in [2.05, 4.69) is 24.1 Å². The lowest BCUT2D eigenvalue weighted by atomic mass is 10.2. The van der Waals surface area contributed by atoms with E-state index in [4.69, 9.17) is 0 Å². The topological polar surface area (TPSA) is 42.0 Å². The summed E-state index contributed by atoms with van der Waals surface area (Å²) in [5.74, 6) is -0.119. The van der Waals surface area contributed by atoms with Gasteiger partial charge < -0.3 is 5.32 Å². The lowest BCUT2D eigenvalue weighted by Gasteiger charge is -2.07. The van der Waals surface area contributed by atoms with Crippen molar-refractivity contribution in [1.29, 1.82) is 0 Å². The third-order valence-corrected chi connectivity index (χ3v) is 3.44. The Hall–Kier alpha value is -1.52. The minimum Gasteiger partial charge on any atom is -0.322 e. The first kappa shape index (κ1) is 16.5. The van der Waals surface area contributed by atoms with Crippen molar-refractivity contribution in [1.82, 2.24) is 4.98 Å². The van der Waals surface area contributed by atoms with Gasteiger partial charge in [-0.2, -0.15) is 0 Å². The van der Waals surface area contributed by atoms with Crippen molar-refractivity contribution in [2.75, 3.05) is 5.32 Å². The van der Waals surface area contributed by atoms with Crippen molar-refractivity contribution in [2.45, 2.75) is 24.0 Å². The molecule has 1 N–H and O–H groups in total. The molecule has 0 saturated heterocycles. The number of carbonyl (C=O) groups is 1. The number of pyridine rings is 1. The Morgan fingerprint density at radius 2 is 1.70 bits per heavy atom. The molecule has 0 atom stereocenters. The highest BCUT2D eigenvalue weighted by Gasteiger charge is 2.05. The number of carbonyl (C=O) groups excluding carboxylic acids is 1. The maximum absolute atomic E-state index is 11.9. The van der Waals surface area contributed by atoms with Gasteiger partial charge in [0, 0.05) is 33.8 Å². The smallest absolute Gasteiger partial charge is 0.255 e. The summed E-state index contributed by atoms with van der Waals surface area (Å²) in [7, 11) is 0. The van der Waals surface area contributed by atoms with E-state index in [0.717, 1.165) is 5.69 Å². The van der Waals surface area contributed by atoms with Crippen molar-refractivity contribution < 1.29 is 4.79 Å². The molecule has 3 nitrogen and oxygen atoms in total. The fourth-order valence-corrected chi connectivity index (χ4v) is 2.43. The Balaban J connectivity index is 0.00000200. The van der Waals surface area contributed by atoms with Gasteiger partial charge in [0.1, 0.15) is 0 Å². The quantitative estimate of drug-likeness (QED) is 0.858. The second kappa shape index (κ2) is 7.92. The average molecular weight is 309 g/mol. The molecule has 0 aliphatic heterocycles. The molecule has 0 radical (unpaired) electrons. The zero-order valence-corrected chi connectivity index (χ0v) is 13.0. The van der Waals surface area contributed by atoms with Crippen LogP contribution in [-0.2, 0) is 0 Å². The van der Waals surface area contributed by atoms with Crippen LogP contribution in [0, 0.1) is 0 Å². The highest BCUT2D eigenvalue weighted by atomic mass is 35.5. The molecule has 1 aromatic carbocycles. The molecule has 0 fully saturated rings. The number of aromatic nitrogens is 1. The Morgan fingerprint density at radius 3 is 2.25 bits per heavy atom. The molecule has 2 rings (SSSR count). The number of hydrogen-bond donors (Lipinski definition) is 1. The van der Waals surface area contributed by atoms with Gasteiger partial charge in [0.15, 0.2) is 0 Å². The number of hydrogen-bond acceptors (Lipinski definition) is 3. The summed E-state index contributed by atoms with van der Waals surface area (Å²) in [6.45, 7) is 4.31. The standard InChI is InChI=1S/C15H16N2OS.ClH/c1-11(2)19-14-5-3-13(4-6-14)17-15(18)12-7-9-16-10-8-12;/h3-11H,1-2H3,(H,17,18);1H. The molecular weight excluding hydrogens is 292 g/mol. The SMILES string of the molecule is CC(C)Sc1ccc(NC(=O)c2ccncc2)cc1.Cl. The number of nitrogens with zero attached hydrogens (tertiary/aromatic N) is 1. The van der Waals surface area contributed by atoms with Gasteiger partial charge in [0.2, 0.25) is 0 Å². The molecular formula is C15H17ClN2OS. The van der Waals surface area contributed by atoms with Crippen LogP contribution >= 0.6 is 24.2 Å². The van der Waals surface area contributed by atoms with Crippen LogP contribution in [0.4, 0.5) is 5.69 Å². The highest BCUT2D eigenvalue weighted by Crippen LogP contribution is 2.24. The molecule has 0 spiro atoms. The van der Waals surface area contributed by atoms with Crippen molar-refractivity contribution in [3.63, 3.8) is 0 Å². The number of halogens is 1. The number of amides is 1. The Morgan fingerprint density at radius 1 is 1.10 bits per heavy atom. The molecule has 5 heteroatoms. The van der Waals surface area contributed by atoms with Gasteiger partial charge in [-0.15, -0.1) is 24.2 Å². The van der Waals surface area contributed by atoms with Crippen molar-refractivity contribution >= 4 is 35.8 Å². The van der Waals surface area contributed by atoms with Crippen LogP contribution in [0.3, 0.4) is 0 Å². The maximum Gasteiger partial charge on any atom is 0.255 e. The predicted molar refractivity (Wildman–Crippen MR) is 86.9 cm³/mol. The third-order valence-electron chi connectivity index (χ3n) is 2.43. The van der Waals surface area contributed by atoms with Gasteiger partial charge >= 0.3 is 0 Å². The third kappa shape index (κ3) is 4.87. The summed E-state index contributed by atoms with van der Waals surface area (Å²) >= 11 is 1.80. The molecule has 0 aliphatic carbocycles. The summed E-state index contributed by atoms with van der Waals surface area (Å²) in [6, 6.07) is 11.3. The van der Waals surface area contributed by atoms with Crippen LogP contribution in [-0.4, -0.2) is 16.1 Å². The summed E-state index contributed by atoms with van der Waals surface area (Å²) in [5, 5.41) is 3.42. The number of anilines is 1. The van der Waals surface area contributed by atoms with Gasteiger partial charge in [-0.3, -0.25) is 9.78 Å². The molecule has 1 heterocycles. The summed E-state index contributed by atoms with van der Waals surface area (Å²) in [5.41, 5.74) is 1.41. The van der Waals surface area contributed by atoms with Gasteiger partial charge in [-0.05, 0) is 36.4 Å². The largest absolute Gasteiger partial charge is 0.322 e. The van der Waals surface area contributed by atoms with Crippen molar-refractivity contribution in [3.05, 3.63) is 54.4 Å². The molecule has 0 aliphatic rings. The van der Waals surface area contributed by atoms with Crippen LogP contribution in [0.25, 0.3) is 0 Å². The van der Waals surface area contributed by atoms with Gasteiger partial charge in [-0.1, -0.05) is 13.8 Å². The fourth-order valence-electron chi connectivity index (χ4n) is 1.60. The Labute approximate surface area is 129 Å². The Kier molecular flexibility index (Phi) is 6.55. The molecule has 0 unspecified atom stereocenters. The van der Waals surface area contributed by atoms with E-state index < -0.39 is 0 Å². The molecule has 20 heavy (non-hydrogen) atoms. The Bertz CT molecular complexity index is 544. The van der Waals surface area contributed by atoms with E-state index in [9.17, 15) is 4.79 Å². The zero-order chi connectivity index (χ0) is 13.7. The first-order valence-corrected chi connectivity index (χ1v) is 7.01. The monoisotopic (exact) mass is 308 g/mol. The molecule has 0 bridgehead atoms. The lowest BCUT2D eigenvalue weighted by molar-refractivity contribution is 0.102. The van der Waals surface area contributed by atoms with Gasteiger partial charge in [0.05, 0.1) is 0 Å². The van der Waals surface area contributed by atoms with E-state index >= 15 is 0 Å². The number of nitrogens with one attached hydrogen (secondary N) is 1. The molecule has 2 aromatic rings. The molecule has 0 saturated carbocycles. The normalized spacial score (nSPS) is 9.95. The predicted octanol–water partition coefficient (Wildman–Crippen LogP) is 4.26.